The fraction of sp³-hybridized carbons (Fsp3) is 0.222. The number of carbonyl (C=O) groups is 1. The highest BCUT2D eigenvalue weighted by molar-refractivity contribution is 6.33. The summed E-state index contributed by atoms with van der Waals surface area (Å²) in [7, 11) is 0. The van der Waals surface area contributed by atoms with Crippen LogP contribution < -0.4 is 0 Å². The van der Waals surface area contributed by atoms with Crippen molar-refractivity contribution in [2.75, 3.05) is 0 Å². The van der Waals surface area contributed by atoms with E-state index >= 15 is 0 Å². The Labute approximate surface area is 71.0 Å². The van der Waals surface area contributed by atoms with Gasteiger partial charge in [-0.05, 0) is 37.1 Å². The predicted octanol–water partition coefficient (Wildman–Crippen LogP) is 2.77. The standard InChI is InChI=1S/C9H9ClO/c1-6-3-8(5-11)9(10)4-7(6)2/h3-5H,1-2H3. The molecule has 0 aromatic heterocycles. The summed E-state index contributed by atoms with van der Waals surface area (Å²) in [6.45, 7) is 3.93. The molecule has 0 unspecified atom stereocenters. The highest BCUT2D eigenvalue weighted by Crippen LogP contribution is 2.18. The third-order valence-corrected chi connectivity index (χ3v) is 2.07. The Bertz CT molecular complexity index is 292. The first-order valence-corrected chi connectivity index (χ1v) is 3.75. The smallest absolute Gasteiger partial charge is 0.151 e. The molecular formula is C9H9ClO. The van der Waals surface area contributed by atoms with Gasteiger partial charge in [0.2, 0.25) is 0 Å². The molecule has 0 aliphatic heterocycles. The van der Waals surface area contributed by atoms with Gasteiger partial charge in [0.25, 0.3) is 0 Å². The summed E-state index contributed by atoms with van der Waals surface area (Å²) in [5.41, 5.74) is 2.77. The molecule has 2 heteroatoms. The van der Waals surface area contributed by atoms with Gasteiger partial charge in [0.15, 0.2) is 6.29 Å². The van der Waals surface area contributed by atoms with Crippen molar-refractivity contribution in [1.82, 2.24) is 0 Å². The Morgan fingerprint density at radius 2 is 1.82 bits per heavy atom. The van der Waals surface area contributed by atoms with Crippen LogP contribution in [0.1, 0.15) is 21.5 Å². The van der Waals surface area contributed by atoms with Crippen LogP contribution in [0.5, 0.6) is 0 Å². The summed E-state index contributed by atoms with van der Waals surface area (Å²) in [5, 5.41) is 0.531. The van der Waals surface area contributed by atoms with E-state index in [9.17, 15) is 4.79 Å². The molecule has 0 saturated heterocycles. The van der Waals surface area contributed by atoms with Gasteiger partial charge in [0.1, 0.15) is 0 Å². The molecule has 1 rings (SSSR count). The van der Waals surface area contributed by atoms with Gasteiger partial charge in [0, 0.05) is 5.56 Å². The van der Waals surface area contributed by atoms with Crippen molar-refractivity contribution in [2.24, 2.45) is 0 Å². The molecule has 0 N–H and O–H groups in total. The number of benzene rings is 1. The first-order valence-electron chi connectivity index (χ1n) is 3.37. The third kappa shape index (κ3) is 1.60. The number of hydrogen-bond donors (Lipinski definition) is 0. The minimum absolute atomic E-state index is 0.531. The number of halogens is 1. The minimum Gasteiger partial charge on any atom is -0.298 e. The van der Waals surface area contributed by atoms with E-state index in [1.807, 2.05) is 13.8 Å². The molecule has 0 aliphatic rings. The van der Waals surface area contributed by atoms with Crippen LogP contribution in [-0.4, -0.2) is 6.29 Å². The molecule has 11 heavy (non-hydrogen) atoms. The zero-order chi connectivity index (χ0) is 8.43. The van der Waals surface area contributed by atoms with E-state index in [0.29, 0.717) is 10.6 Å². The molecule has 1 aromatic rings. The van der Waals surface area contributed by atoms with E-state index in [1.54, 1.807) is 12.1 Å². The molecule has 58 valence electrons. The molecule has 0 aliphatic carbocycles. The summed E-state index contributed by atoms with van der Waals surface area (Å²) in [6.07, 6.45) is 0.773. The molecule has 0 fully saturated rings. The number of aldehydes is 1. The van der Waals surface area contributed by atoms with E-state index in [1.165, 1.54) is 0 Å². The number of aryl methyl sites for hydroxylation is 2. The minimum atomic E-state index is 0.531. The second-order valence-corrected chi connectivity index (χ2v) is 2.98. The van der Waals surface area contributed by atoms with Crippen molar-refractivity contribution in [2.45, 2.75) is 13.8 Å². The van der Waals surface area contributed by atoms with Crippen LogP contribution in [0.3, 0.4) is 0 Å². The Balaban J connectivity index is 3.31. The van der Waals surface area contributed by atoms with Gasteiger partial charge < -0.3 is 0 Å². The van der Waals surface area contributed by atoms with Crippen LogP contribution in [0.4, 0.5) is 0 Å². The second-order valence-electron chi connectivity index (χ2n) is 2.58. The molecule has 0 spiro atoms. The molecule has 0 atom stereocenters. The average molecular weight is 169 g/mol. The lowest BCUT2D eigenvalue weighted by Gasteiger charge is -2.01. The quantitative estimate of drug-likeness (QED) is 0.590. The summed E-state index contributed by atoms with van der Waals surface area (Å²) in [6, 6.07) is 3.60. The Kier molecular flexibility index (Phi) is 2.30. The zero-order valence-electron chi connectivity index (χ0n) is 6.52. The maximum Gasteiger partial charge on any atom is 0.151 e. The number of rotatable bonds is 1. The van der Waals surface area contributed by atoms with E-state index in [0.717, 1.165) is 17.4 Å². The maximum atomic E-state index is 10.4. The SMILES string of the molecule is Cc1cc(Cl)c(C=O)cc1C. The lowest BCUT2D eigenvalue weighted by atomic mass is 10.1. The first kappa shape index (κ1) is 8.28. The molecule has 1 nitrogen and oxygen atoms in total. The third-order valence-electron chi connectivity index (χ3n) is 1.74. The molecule has 1 aromatic carbocycles. The Morgan fingerprint density at radius 1 is 1.27 bits per heavy atom. The van der Waals surface area contributed by atoms with Crippen molar-refractivity contribution in [3.05, 3.63) is 33.8 Å². The highest BCUT2D eigenvalue weighted by Gasteiger charge is 2.00. The van der Waals surface area contributed by atoms with Crippen LogP contribution in [0, 0.1) is 13.8 Å². The van der Waals surface area contributed by atoms with Gasteiger partial charge >= 0.3 is 0 Å². The number of hydrogen-bond acceptors (Lipinski definition) is 1. The van der Waals surface area contributed by atoms with Crippen molar-refractivity contribution < 1.29 is 4.79 Å². The van der Waals surface area contributed by atoms with Gasteiger partial charge in [-0.2, -0.15) is 0 Å². The average Bonchev–Trinajstić information content (AvgIpc) is 1.97. The van der Waals surface area contributed by atoms with Crippen LogP contribution in [-0.2, 0) is 0 Å². The van der Waals surface area contributed by atoms with Crippen LogP contribution in [0.15, 0.2) is 12.1 Å². The van der Waals surface area contributed by atoms with Gasteiger partial charge in [-0.15, -0.1) is 0 Å². The van der Waals surface area contributed by atoms with Crippen molar-refractivity contribution in [1.29, 1.82) is 0 Å². The fourth-order valence-electron chi connectivity index (χ4n) is 0.894. The van der Waals surface area contributed by atoms with Gasteiger partial charge in [-0.3, -0.25) is 4.79 Å². The molecule has 0 heterocycles. The van der Waals surface area contributed by atoms with Gasteiger partial charge in [0.05, 0.1) is 5.02 Å². The monoisotopic (exact) mass is 168 g/mol. The van der Waals surface area contributed by atoms with Crippen molar-refractivity contribution in [3.8, 4) is 0 Å². The van der Waals surface area contributed by atoms with Crippen LogP contribution >= 0.6 is 11.6 Å². The fourth-order valence-corrected chi connectivity index (χ4v) is 1.16. The largest absolute Gasteiger partial charge is 0.298 e. The molecular weight excluding hydrogens is 160 g/mol. The Morgan fingerprint density at radius 3 is 2.36 bits per heavy atom. The maximum absolute atomic E-state index is 10.4. The number of carbonyl (C=O) groups excluding carboxylic acids is 1. The lowest BCUT2D eigenvalue weighted by molar-refractivity contribution is 0.112. The van der Waals surface area contributed by atoms with Crippen molar-refractivity contribution in [3.63, 3.8) is 0 Å². The predicted molar refractivity (Wildman–Crippen MR) is 46.3 cm³/mol. The summed E-state index contributed by atoms with van der Waals surface area (Å²) >= 11 is 5.77. The van der Waals surface area contributed by atoms with Gasteiger partial charge in [-0.1, -0.05) is 11.6 Å². The van der Waals surface area contributed by atoms with E-state index in [2.05, 4.69) is 0 Å². The first-order chi connectivity index (χ1) is 5.15. The Hall–Kier alpha value is -0.820. The molecule has 0 saturated carbocycles. The normalized spacial score (nSPS) is 9.73. The van der Waals surface area contributed by atoms with Gasteiger partial charge in [-0.25, -0.2) is 0 Å². The molecule has 0 amide bonds. The summed E-state index contributed by atoms with van der Waals surface area (Å²) < 4.78 is 0. The van der Waals surface area contributed by atoms with Crippen LogP contribution in [0.25, 0.3) is 0 Å². The van der Waals surface area contributed by atoms with E-state index < -0.39 is 0 Å². The van der Waals surface area contributed by atoms with Crippen molar-refractivity contribution >= 4 is 17.9 Å². The van der Waals surface area contributed by atoms with E-state index in [4.69, 9.17) is 11.6 Å². The topological polar surface area (TPSA) is 17.1 Å². The second kappa shape index (κ2) is 3.05. The molecule has 0 radical (unpaired) electrons. The van der Waals surface area contributed by atoms with E-state index in [-0.39, 0.29) is 0 Å². The summed E-state index contributed by atoms with van der Waals surface area (Å²) in [5.74, 6) is 0. The van der Waals surface area contributed by atoms with Crippen LogP contribution in [0.2, 0.25) is 5.02 Å². The highest BCUT2D eigenvalue weighted by atomic mass is 35.5. The zero-order valence-corrected chi connectivity index (χ0v) is 7.27. The summed E-state index contributed by atoms with van der Waals surface area (Å²) in [4.78, 5) is 10.4. The molecule has 0 bridgehead atoms. The lowest BCUT2D eigenvalue weighted by Crippen LogP contribution is -1.87.